The first-order valence-corrected chi connectivity index (χ1v) is 8.21. The van der Waals surface area contributed by atoms with E-state index in [1.165, 1.54) is 17.4 Å². The number of amides is 1. The normalized spacial score (nSPS) is 12.6. The van der Waals surface area contributed by atoms with Gasteiger partial charge in [0.25, 0.3) is 0 Å². The summed E-state index contributed by atoms with van der Waals surface area (Å²) in [7, 11) is 0.881. The number of rotatable bonds is 5. The molecule has 0 saturated heterocycles. The molecule has 0 aliphatic rings. The minimum atomic E-state index is -6.70. The highest BCUT2D eigenvalue weighted by atomic mass is 32.1. The van der Waals surface area contributed by atoms with E-state index in [2.05, 4.69) is 4.74 Å². The summed E-state index contributed by atoms with van der Waals surface area (Å²) in [4.78, 5) is 23.5. The number of methoxy groups -OCH3 is 1. The van der Waals surface area contributed by atoms with E-state index in [4.69, 9.17) is 0 Å². The van der Waals surface area contributed by atoms with E-state index >= 15 is 0 Å². The molecule has 29 heavy (non-hydrogen) atoms. The fourth-order valence-electron chi connectivity index (χ4n) is 2.10. The van der Waals surface area contributed by atoms with Crippen LogP contribution >= 0.6 is 11.3 Å². The van der Waals surface area contributed by atoms with Gasteiger partial charge in [-0.25, -0.2) is 9.18 Å². The van der Waals surface area contributed by atoms with Gasteiger partial charge in [0, 0.05) is 10.9 Å². The van der Waals surface area contributed by atoms with Crippen molar-refractivity contribution in [3.63, 3.8) is 0 Å². The molecule has 1 heterocycles. The summed E-state index contributed by atoms with van der Waals surface area (Å²) < 4.78 is 107. The first-order valence-electron chi connectivity index (χ1n) is 7.33. The highest BCUT2D eigenvalue weighted by Gasteiger charge is 2.76. The number of nitrogens with one attached hydrogen (secondary N) is 1. The molecule has 1 aromatic carbocycles. The average molecular weight is 447 g/mol. The largest absolute Gasteiger partial charge is 0.465 e. The molecule has 1 amide bonds. The van der Waals surface area contributed by atoms with Crippen LogP contribution in [0, 0.1) is 5.82 Å². The van der Waals surface area contributed by atoms with Crippen molar-refractivity contribution in [1.82, 2.24) is 0 Å². The van der Waals surface area contributed by atoms with Gasteiger partial charge >= 0.3 is 29.9 Å². The Morgan fingerprint density at radius 3 is 2.03 bits per heavy atom. The molecule has 13 heteroatoms. The molecule has 4 nitrogen and oxygen atoms in total. The molecular weight excluding hydrogens is 438 g/mol. The van der Waals surface area contributed by atoms with Crippen molar-refractivity contribution < 1.29 is 49.4 Å². The number of esters is 1. The zero-order chi connectivity index (χ0) is 22.2. The van der Waals surface area contributed by atoms with Gasteiger partial charge < -0.3 is 10.1 Å². The van der Waals surface area contributed by atoms with E-state index in [-0.39, 0.29) is 11.1 Å². The maximum absolute atomic E-state index is 13.5. The summed E-state index contributed by atoms with van der Waals surface area (Å²) in [5.74, 6) is -17.7. The molecule has 0 saturated carbocycles. The maximum Gasteiger partial charge on any atom is 0.460 e. The average Bonchev–Trinajstić information content (AvgIpc) is 3.04. The SMILES string of the molecule is COC(=O)c1c(-c2ccc(F)cc2)csc1NC(=O)C(F)(F)C(F)(F)C(F)(F)F. The van der Waals surface area contributed by atoms with Crippen molar-refractivity contribution in [3.8, 4) is 11.1 Å². The van der Waals surface area contributed by atoms with Gasteiger partial charge in [-0.1, -0.05) is 12.1 Å². The lowest BCUT2D eigenvalue weighted by atomic mass is 10.0. The zero-order valence-corrected chi connectivity index (χ0v) is 14.9. The molecule has 0 unspecified atom stereocenters. The van der Waals surface area contributed by atoms with Crippen molar-refractivity contribution in [1.29, 1.82) is 0 Å². The van der Waals surface area contributed by atoms with Gasteiger partial charge in [0.05, 0.1) is 7.11 Å². The third-order valence-corrected chi connectivity index (χ3v) is 4.49. The molecule has 0 bridgehead atoms. The summed E-state index contributed by atoms with van der Waals surface area (Å²) in [5.41, 5.74) is -0.470. The number of carbonyl (C=O) groups excluding carboxylic acids is 2. The Balaban J connectivity index is 2.47. The highest BCUT2D eigenvalue weighted by Crippen LogP contribution is 2.47. The Bertz CT molecular complexity index is 921. The van der Waals surface area contributed by atoms with Crippen LogP contribution in [0.2, 0.25) is 0 Å². The van der Waals surface area contributed by atoms with E-state index in [0.717, 1.165) is 24.6 Å². The number of alkyl halides is 7. The lowest BCUT2D eigenvalue weighted by Crippen LogP contribution is -2.57. The Hall–Kier alpha value is -2.70. The Labute approximate surface area is 161 Å². The fourth-order valence-corrected chi connectivity index (χ4v) is 3.05. The third kappa shape index (κ3) is 4.04. The van der Waals surface area contributed by atoms with Crippen LogP contribution in [0.15, 0.2) is 29.6 Å². The smallest absolute Gasteiger partial charge is 0.460 e. The van der Waals surface area contributed by atoms with Crippen LogP contribution in [-0.4, -0.2) is 37.0 Å². The van der Waals surface area contributed by atoms with Gasteiger partial charge in [-0.2, -0.15) is 30.7 Å². The molecule has 2 aromatic rings. The van der Waals surface area contributed by atoms with E-state index in [1.807, 2.05) is 0 Å². The van der Waals surface area contributed by atoms with Crippen LogP contribution in [0.3, 0.4) is 0 Å². The molecule has 158 valence electrons. The van der Waals surface area contributed by atoms with Gasteiger partial charge in [0.2, 0.25) is 0 Å². The standard InChI is InChI=1S/C16H9F8NO3S/c1-28-12(26)10-9(7-2-4-8(17)5-3-7)6-29-11(10)25-13(27)14(18,19)15(20,21)16(22,23)24/h2-6H,1H3,(H,25,27). The topological polar surface area (TPSA) is 55.4 Å². The molecule has 0 radical (unpaired) electrons. The second-order valence-corrected chi connectivity index (χ2v) is 6.33. The summed E-state index contributed by atoms with van der Waals surface area (Å²) >= 11 is 0.395. The van der Waals surface area contributed by atoms with E-state index in [0.29, 0.717) is 11.3 Å². The van der Waals surface area contributed by atoms with Crippen LogP contribution in [-0.2, 0) is 9.53 Å². The number of halogens is 8. The van der Waals surface area contributed by atoms with E-state index in [9.17, 15) is 44.7 Å². The number of hydrogen-bond donors (Lipinski definition) is 1. The Morgan fingerprint density at radius 2 is 1.55 bits per heavy atom. The first kappa shape index (κ1) is 22.6. The van der Waals surface area contributed by atoms with Crippen LogP contribution in [0.4, 0.5) is 40.1 Å². The molecule has 0 aliphatic carbocycles. The molecule has 0 fully saturated rings. The molecular formula is C16H9F8NO3S. The Kier molecular flexibility index (Phi) is 5.93. The lowest BCUT2D eigenvalue weighted by molar-refractivity contribution is -0.343. The van der Waals surface area contributed by atoms with Crippen LogP contribution in [0.5, 0.6) is 0 Å². The van der Waals surface area contributed by atoms with E-state index < -0.39 is 46.3 Å². The van der Waals surface area contributed by atoms with Gasteiger partial charge in [0.15, 0.2) is 0 Å². The maximum atomic E-state index is 13.5. The van der Waals surface area contributed by atoms with Crippen molar-refractivity contribution in [2.45, 2.75) is 18.0 Å². The number of anilines is 1. The number of hydrogen-bond acceptors (Lipinski definition) is 4. The molecule has 0 atom stereocenters. The summed E-state index contributed by atoms with van der Waals surface area (Å²) in [6.45, 7) is 0. The second-order valence-electron chi connectivity index (χ2n) is 5.45. The summed E-state index contributed by atoms with van der Waals surface area (Å²) in [6, 6.07) is 4.35. The van der Waals surface area contributed by atoms with Gasteiger partial charge in [-0.05, 0) is 17.7 Å². The van der Waals surface area contributed by atoms with Gasteiger partial charge in [0.1, 0.15) is 16.4 Å². The fraction of sp³-hybridized carbons (Fsp3) is 0.250. The van der Waals surface area contributed by atoms with Gasteiger partial charge in [-0.15, -0.1) is 11.3 Å². The van der Waals surface area contributed by atoms with Crippen molar-refractivity contribution in [3.05, 3.63) is 41.0 Å². The predicted molar refractivity (Wildman–Crippen MR) is 85.6 cm³/mol. The highest BCUT2D eigenvalue weighted by molar-refractivity contribution is 7.15. The minimum absolute atomic E-state index is 0.0527. The van der Waals surface area contributed by atoms with Crippen molar-refractivity contribution in [2.75, 3.05) is 12.4 Å². The summed E-state index contributed by atoms with van der Waals surface area (Å²) in [5, 5.41) is 1.59. The second kappa shape index (κ2) is 7.61. The molecule has 1 aromatic heterocycles. The van der Waals surface area contributed by atoms with Gasteiger partial charge in [-0.3, -0.25) is 4.79 Å². The molecule has 1 N–H and O–H groups in total. The Morgan fingerprint density at radius 1 is 1.00 bits per heavy atom. The van der Waals surface area contributed by atoms with Crippen LogP contribution in [0.25, 0.3) is 11.1 Å². The van der Waals surface area contributed by atoms with Crippen molar-refractivity contribution >= 4 is 28.2 Å². The quantitative estimate of drug-likeness (QED) is 0.512. The van der Waals surface area contributed by atoms with Crippen LogP contribution < -0.4 is 5.32 Å². The van der Waals surface area contributed by atoms with Crippen LogP contribution in [0.1, 0.15) is 10.4 Å². The lowest BCUT2D eigenvalue weighted by Gasteiger charge is -2.26. The predicted octanol–water partition coefficient (Wildman–Crippen LogP) is 5.11. The number of carbonyl (C=O) groups is 2. The summed E-state index contributed by atoms with van der Waals surface area (Å²) in [6.07, 6.45) is -6.70. The number of thiophene rings is 1. The molecule has 2 rings (SSSR count). The zero-order valence-electron chi connectivity index (χ0n) is 14.0. The van der Waals surface area contributed by atoms with E-state index in [1.54, 1.807) is 0 Å². The third-order valence-electron chi connectivity index (χ3n) is 3.60. The van der Waals surface area contributed by atoms with Crippen molar-refractivity contribution in [2.24, 2.45) is 0 Å². The minimum Gasteiger partial charge on any atom is -0.465 e. The monoisotopic (exact) mass is 447 g/mol. The molecule has 0 spiro atoms. The number of ether oxygens (including phenoxy) is 1. The molecule has 0 aliphatic heterocycles. The first-order chi connectivity index (χ1) is 13.2. The number of benzene rings is 1.